The molecule has 0 saturated heterocycles. The highest BCUT2D eigenvalue weighted by atomic mass is 32.1. The number of hydrogen-bond donors (Lipinski definition) is 2. The molecule has 0 aromatic carbocycles. The van der Waals surface area contributed by atoms with Crippen molar-refractivity contribution in [3.8, 4) is 0 Å². The van der Waals surface area contributed by atoms with Crippen molar-refractivity contribution in [1.82, 2.24) is 14.5 Å². The Labute approximate surface area is 117 Å². The highest BCUT2D eigenvalue weighted by Gasteiger charge is 2.31. The molecule has 0 bridgehead atoms. The van der Waals surface area contributed by atoms with Gasteiger partial charge in [0.25, 0.3) is 5.56 Å². The third kappa shape index (κ3) is 1.68. The van der Waals surface area contributed by atoms with Crippen LogP contribution in [0.1, 0.15) is 17.2 Å². The molecule has 0 aliphatic carbocycles. The Bertz CT molecular complexity index is 803. The average Bonchev–Trinajstić information content (AvgIpc) is 2.95. The molecule has 3 heterocycles. The number of nitrogens with one attached hydrogen (secondary N) is 2. The summed E-state index contributed by atoms with van der Waals surface area (Å²) in [5.74, 6) is 0.248. The largest absolute Gasteiger partial charge is 0.332 e. The molecule has 2 N–H and O–H groups in total. The number of carbonyl (C=O) groups excluding carboxylic acids is 1. The SMILES string of the molecule is Cn1c2c(c(=O)n(C)c1=O)C(c1ccsc1)NC(=O)N2. The lowest BCUT2D eigenvalue weighted by Crippen LogP contribution is -2.48. The number of hydrogen-bond acceptors (Lipinski definition) is 4. The summed E-state index contributed by atoms with van der Waals surface area (Å²) in [7, 11) is 2.95. The van der Waals surface area contributed by atoms with E-state index in [-0.39, 0.29) is 5.82 Å². The highest BCUT2D eigenvalue weighted by molar-refractivity contribution is 7.08. The van der Waals surface area contributed by atoms with Crippen LogP contribution in [0.15, 0.2) is 26.4 Å². The second-order valence-electron chi connectivity index (χ2n) is 4.56. The van der Waals surface area contributed by atoms with E-state index in [1.54, 1.807) is 0 Å². The summed E-state index contributed by atoms with van der Waals surface area (Å²) in [6, 6.07) is 0.863. The first-order chi connectivity index (χ1) is 9.50. The van der Waals surface area contributed by atoms with Crippen molar-refractivity contribution in [1.29, 1.82) is 0 Å². The first kappa shape index (κ1) is 12.7. The monoisotopic (exact) mass is 292 g/mol. The summed E-state index contributed by atoms with van der Waals surface area (Å²) in [6.07, 6.45) is 0. The van der Waals surface area contributed by atoms with Gasteiger partial charge in [0.05, 0.1) is 11.6 Å². The van der Waals surface area contributed by atoms with Gasteiger partial charge in [0.1, 0.15) is 5.82 Å². The molecule has 3 rings (SSSR count). The number of amides is 2. The smallest absolute Gasteiger partial charge is 0.327 e. The van der Waals surface area contributed by atoms with Crippen molar-refractivity contribution in [2.24, 2.45) is 14.1 Å². The van der Waals surface area contributed by atoms with Crippen LogP contribution in [-0.4, -0.2) is 15.2 Å². The molecule has 1 atom stereocenters. The fraction of sp³-hybridized carbons (Fsp3) is 0.250. The number of rotatable bonds is 1. The van der Waals surface area contributed by atoms with Gasteiger partial charge in [-0.15, -0.1) is 0 Å². The standard InChI is InChI=1S/C12H12N4O3S/c1-15-9-7(10(17)16(2)12(15)19)8(13-11(18)14-9)6-3-4-20-5-6/h3-5,8H,1-2H3,(H2,13,14,18). The molecule has 2 aromatic heterocycles. The maximum absolute atomic E-state index is 12.4. The maximum Gasteiger partial charge on any atom is 0.332 e. The Hall–Kier alpha value is -2.35. The fourth-order valence-electron chi connectivity index (χ4n) is 2.32. The quantitative estimate of drug-likeness (QED) is 0.796. The molecular weight excluding hydrogens is 280 g/mol. The second-order valence-corrected chi connectivity index (χ2v) is 5.34. The van der Waals surface area contributed by atoms with Crippen LogP contribution in [-0.2, 0) is 14.1 Å². The Balaban J connectivity index is 2.35. The van der Waals surface area contributed by atoms with E-state index in [1.165, 1.54) is 30.0 Å². The average molecular weight is 292 g/mol. The minimum absolute atomic E-state index is 0.248. The van der Waals surface area contributed by atoms with Gasteiger partial charge in [-0.25, -0.2) is 9.59 Å². The Morgan fingerprint density at radius 3 is 2.60 bits per heavy atom. The predicted molar refractivity (Wildman–Crippen MR) is 75.2 cm³/mol. The van der Waals surface area contributed by atoms with Gasteiger partial charge in [-0.2, -0.15) is 11.3 Å². The van der Waals surface area contributed by atoms with E-state index in [0.29, 0.717) is 5.56 Å². The Morgan fingerprint density at radius 2 is 1.95 bits per heavy atom. The predicted octanol–water partition coefficient (Wildman–Crippen LogP) is 0.370. The summed E-state index contributed by atoms with van der Waals surface area (Å²) >= 11 is 1.48. The van der Waals surface area contributed by atoms with E-state index in [1.807, 2.05) is 16.8 Å². The van der Waals surface area contributed by atoms with Crippen molar-refractivity contribution in [2.75, 3.05) is 5.32 Å². The lowest BCUT2D eigenvalue weighted by molar-refractivity contribution is 0.248. The van der Waals surface area contributed by atoms with Crippen molar-refractivity contribution >= 4 is 23.2 Å². The van der Waals surface area contributed by atoms with Crippen LogP contribution < -0.4 is 21.9 Å². The molecule has 7 nitrogen and oxygen atoms in total. The molecule has 2 aromatic rings. The van der Waals surface area contributed by atoms with Gasteiger partial charge in [-0.1, -0.05) is 0 Å². The summed E-state index contributed by atoms with van der Waals surface area (Å²) < 4.78 is 2.31. The van der Waals surface area contributed by atoms with Crippen LogP contribution in [0.4, 0.5) is 10.6 Å². The van der Waals surface area contributed by atoms with Gasteiger partial charge in [0, 0.05) is 14.1 Å². The normalized spacial score (nSPS) is 17.3. The molecule has 0 spiro atoms. The maximum atomic E-state index is 12.4. The molecule has 2 amide bonds. The lowest BCUT2D eigenvalue weighted by Gasteiger charge is -2.27. The zero-order valence-electron chi connectivity index (χ0n) is 10.8. The van der Waals surface area contributed by atoms with Crippen LogP contribution in [0.25, 0.3) is 0 Å². The van der Waals surface area contributed by atoms with Crippen molar-refractivity contribution in [3.05, 3.63) is 48.8 Å². The van der Waals surface area contributed by atoms with Gasteiger partial charge in [0.2, 0.25) is 0 Å². The zero-order valence-corrected chi connectivity index (χ0v) is 11.7. The molecule has 1 aliphatic heterocycles. The van der Waals surface area contributed by atoms with E-state index in [9.17, 15) is 14.4 Å². The molecule has 8 heteroatoms. The minimum Gasteiger partial charge on any atom is -0.327 e. The topological polar surface area (TPSA) is 85.1 Å². The molecule has 0 radical (unpaired) electrons. The van der Waals surface area contributed by atoms with Crippen LogP contribution in [0, 0.1) is 0 Å². The van der Waals surface area contributed by atoms with E-state index < -0.39 is 23.3 Å². The van der Waals surface area contributed by atoms with E-state index in [2.05, 4.69) is 10.6 Å². The van der Waals surface area contributed by atoms with Crippen LogP contribution in [0.2, 0.25) is 0 Å². The van der Waals surface area contributed by atoms with Crippen LogP contribution >= 0.6 is 11.3 Å². The van der Waals surface area contributed by atoms with E-state index >= 15 is 0 Å². The highest BCUT2D eigenvalue weighted by Crippen LogP contribution is 2.29. The molecular formula is C12H12N4O3S. The van der Waals surface area contributed by atoms with E-state index in [0.717, 1.165) is 10.1 Å². The summed E-state index contributed by atoms with van der Waals surface area (Å²) in [5.41, 5.74) is 0.307. The number of carbonyl (C=O) groups is 1. The number of urea groups is 1. The second kappa shape index (κ2) is 4.34. The molecule has 1 unspecified atom stereocenters. The molecule has 104 valence electrons. The van der Waals surface area contributed by atoms with Gasteiger partial charge in [-0.05, 0) is 22.4 Å². The van der Waals surface area contributed by atoms with Gasteiger partial charge in [-0.3, -0.25) is 19.2 Å². The summed E-state index contributed by atoms with van der Waals surface area (Å²) in [6.45, 7) is 0. The first-order valence-electron chi connectivity index (χ1n) is 5.90. The molecule has 0 fully saturated rings. The number of nitrogens with zero attached hydrogens (tertiary/aromatic N) is 2. The first-order valence-corrected chi connectivity index (χ1v) is 6.84. The third-order valence-electron chi connectivity index (χ3n) is 3.37. The van der Waals surface area contributed by atoms with Crippen molar-refractivity contribution in [3.63, 3.8) is 0 Å². The molecule has 0 saturated carbocycles. The number of anilines is 1. The number of fused-ring (bicyclic) bond motifs is 1. The minimum atomic E-state index is -0.546. The molecule has 1 aliphatic rings. The number of thiophene rings is 1. The lowest BCUT2D eigenvalue weighted by atomic mass is 10.0. The van der Waals surface area contributed by atoms with Crippen molar-refractivity contribution < 1.29 is 4.79 Å². The number of aromatic nitrogens is 2. The van der Waals surface area contributed by atoms with Crippen LogP contribution in [0.5, 0.6) is 0 Å². The van der Waals surface area contributed by atoms with Gasteiger partial charge < -0.3 is 5.32 Å². The third-order valence-corrected chi connectivity index (χ3v) is 4.07. The van der Waals surface area contributed by atoms with Crippen molar-refractivity contribution in [2.45, 2.75) is 6.04 Å². The van der Waals surface area contributed by atoms with Gasteiger partial charge in [0.15, 0.2) is 0 Å². The Morgan fingerprint density at radius 1 is 1.20 bits per heavy atom. The van der Waals surface area contributed by atoms with Crippen LogP contribution in [0.3, 0.4) is 0 Å². The Kier molecular flexibility index (Phi) is 2.75. The zero-order chi connectivity index (χ0) is 14.4. The summed E-state index contributed by atoms with van der Waals surface area (Å²) in [5, 5.41) is 8.99. The van der Waals surface area contributed by atoms with Gasteiger partial charge >= 0.3 is 11.7 Å². The molecule has 20 heavy (non-hydrogen) atoms. The summed E-state index contributed by atoms with van der Waals surface area (Å²) in [4.78, 5) is 36.0. The van der Waals surface area contributed by atoms with E-state index in [4.69, 9.17) is 0 Å². The fourth-order valence-corrected chi connectivity index (χ4v) is 3.00.